The normalized spacial score (nSPS) is 16.5. The molecule has 2 unspecified atom stereocenters. The summed E-state index contributed by atoms with van der Waals surface area (Å²) in [4.78, 5) is 19.2. The average molecular weight is 835 g/mol. The van der Waals surface area contributed by atoms with Crippen LogP contribution in [0.3, 0.4) is 0 Å². The minimum absolute atomic E-state index is 0.0578. The van der Waals surface area contributed by atoms with Crippen LogP contribution in [0, 0.1) is 11.6 Å². The number of nitrogen functional groups attached to an aromatic ring is 1. The van der Waals surface area contributed by atoms with Crippen molar-refractivity contribution in [2.45, 2.75) is 63.6 Å². The molecule has 2 aliphatic rings. The summed E-state index contributed by atoms with van der Waals surface area (Å²) < 4.78 is 84.7. The highest BCUT2D eigenvalue weighted by Gasteiger charge is 2.38. The predicted molar refractivity (Wildman–Crippen MR) is 217 cm³/mol. The second-order valence-electron chi connectivity index (χ2n) is 13.4. The summed E-state index contributed by atoms with van der Waals surface area (Å²) in [6, 6.07) is 33.3. The molecular weight excluding hydrogens is 787 g/mol. The summed E-state index contributed by atoms with van der Waals surface area (Å²) >= 11 is 0. The number of hydrogen-bond acceptors (Lipinski definition) is 11. The van der Waals surface area contributed by atoms with E-state index in [-0.39, 0.29) is 28.9 Å². The minimum Gasteiger partial charge on any atom is -0.396 e. The van der Waals surface area contributed by atoms with Crippen molar-refractivity contribution >= 4 is 28.1 Å². The van der Waals surface area contributed by atoms with Crippen LogP contribution in [0.25, 0.3) is 0 Å². The number of nitrogens with zero attached hydrogens (tertiary/aromatic N) is 2. The first kappa shape index (κ1) is 44.9. The van der Waals surface area contributed by atoms with E-state index in [0.717, 1.165) is 29.5 Å². The quantitative estimate of drug-likeness (QED) is 0.0383. The average Bonchev–Trinajstić information content (AvgIpc) is 3.98. The van der Waals surface area contributed by atoms with Gasteiger partial charge in [0.2, 0.25) is 6.29 Å². The van der Waals surface area contributed by atoms with Crippen molar-refractivity contribution in [2.24, 2.45) is 0 Å². The standard InChI is InChI=1S/C33H35FN2O3.C10H11FN2O2.H2O4S/c1-3-37-32(38-4-2)28-23-27(30(34)31(35-28)29-21-14-22-39-29)36-33(24-15-8-5-9-16-24,25-17-10-6-11-18-25)26-19-12-7-13-20-26;11-9-7(12)4-6(5-14)13-10(9)8-2-1-3-15-8;1-5(2,3)4/h5-13,15-20,23,29,32H,3-4,14,21-22H2,1-2H3,(H,35,36);4-5,8H,1-3H2,(H2,12,13);(H2,1,2,3,4). The Balaban J connectivity index is 0.000000272. The Bertz CT molecular complexity index is 2100. The summed E-state index contributed by atoms with van der Waals surface area (Å²) in [6.07, 6.45) is 2.20. The third-order valence-electron chi connectivity index (χ3n) is 9.44. The van der Waals surface area contributed by atoms with Gasteiger partial charge in [-0.2, -0.15) is 8.42 Å². The second-order valence-corrected chi connectivity index (χ2v) is 14.3. The van der Waals surface area contributed by atoms with E-state index in [1.807, 2.05) is 68.4 Å². The minimum atomic E-state index is -4.67. The van der Waals surface area contributed by atoms with Crippen molar-refractivity contribution in [3.8, 4) is 0 Å². The van der Waals surface area contributed by atoms with Gasteiger partial charge in [0.15, 0.2) is 17.9 Å². The molecule has 5 N–H and O–H groups in total. The molecule has 2 aliphatic heterocycles. The Morgan fingerprint density at radius 1 is 0.797 bits per heavy atom. The van der Waals surface area contributed by atoms with E-state index in [2.05, 4.69) is 46.7 Å². The van der Waals surface area contributed by atoms with Crippen LogP contribution in [0.2, 0.25) is 0 Å². The van der Waals surface area contributed by atoms with E-state index in [1.165, 1.54) is 6.07 Å². The zero-order valence-electron chi connectivity index (χ0n) is 32.7. The lowest BCUT2D eigenvalue weighted by molar-refractivity contribution is -0.142. The van der Waals surface area contributed by atoms with E-state index >= 15 is 4.39 Å². The van der Waals surface area contributed by atoms with E-state index in [0.29, 0.717) is 56.9 Å². The maximum Gasteiger partial charge on any atom is 0.394 e. The van der Waals surface area contributed by atoms with E-state index in [1.54, 1.807) is 6.07 Å². The lowest BCUT2D eigenvalue weighted by Crippen LogP contribution is -2.38. The van der Waals surface area contributed by atoms with Gasteiger partial charge in [-0.25, -0.2) is 18.7 Å². The zero-order valence-corrected chi connectivity index (χ0v) is 33.5. The maximum absolute atomic E-state index is 16.5. The smallest absolute Gasteiger partial charge is 0.394 e. The molecule has 0 saturated carbocycles. The molecule has 2 saturated heterocycles. The molecule has 3 aromatic carbocycles. The highest BCUT2D eigenvalue weighted by molar-refractivity contribution is 7.79. The molecule has 16 heteroatoms. The Labute approximate surface area is 342 Å². The number of aromatic nitrogens is 2. The van der Waals surface area contributed by atoms with Crippen LogP contribution in [0.1, 0.15) is 102 Å². The number of nitrogens with one attached hydrogen (secondary N) is 1. The number of aldehydes is 1. The number of halogens is 2. The van der Waals surface area contributed by atoms with Crippen LogP contribution in [0.5, 0.6) is 0 Å². The zero-order chi connectivity index (χ0) is 42.4. The molecular formula is C43H48F2N4O9S. The van der Waals surface area contributed by atoms with Crippen LogP contribution in [-0.2, 0) is 34.9 Å². The van der Waals surface area contributed by atoms with Crippen LogP contribution in [-0.4, -0.2) is 60.2 Å². The first-order valence-electron chi connectivity index (χ1n) is 19.1. The van der Waals surface area contributed by atoms with Gasteiger partial charge in [-0.05, 0) is 68.4 Å². The number of carbonyl (C=O) groups is 1. The Morgan fingerprint density at radius 2 is 1.24 bits per heavy atom. The molecule has 0 aliphatic carbocycles. The van der Waals surface area contributed by atoms with Gasteiger partial charge in [0.25, 0.3) is 0 Å². The fourth-order valence-electron chi connectivity index (χ4n) is 6.95. The third-order valence-corrected chi connectivity index (χ3v) is 9.44. The summed E-state index contributed by atoms with van der Waals surface area (Å²) in [5, 5.41) is 3.67. The van der Waals surface area contributed by atoms with E-state index in [9.17, 15) is 9.18 Å². The molecule has 0 spiro atoms. The van der Waals surface area contributed by atoms with Crippen LogP contribution in [0.15, 0.2) is 103 Å². The summed E-state index contributed by atoms with van der Waals surface area (Å²) in [5.41, 5.74) is 8.79. The van der Waals surface area contributed by atoms with Crippen molar-refractivity contribution in [3.63, 3.8) is 0 Å². The molecule has 0 amide bonds. The number of anilines is 2. The Kier molecular flexibility index (Phi) is 16.1. The topological polar surface area (TPSA) is 192 Å². The molecule has 2 fully saturated rings. The predicted octanol–water partition coefficient (Wildman–Crippen LogP) is 8.36. The lowest BCUT2D eigenvalue weighted by Gasteiger charge is -2.38. The first-order valence-corrected chi connectivity index (χ1v) is 20.5. The lowest BCUT2D eigenvalue weighted by atomic mass is 9.76. The van der Waals surface area contributed by atoms with Gasteiger partial charge in [0.1, 0.15) is 34.8 Å². The number of nitrogens with two attached hydrogens (primary N) is 1. The van der Waals surface area contributed by atoms with Gasteiger partial charge >= 0.3 is 10.4 Å². The van der Waals surface area contributed by atoms with Gasteiger partial charge in [0.05, 0.1) is 17.1 Å². The fourth-order valence-corrected chi connectivity index (χ4v) is 6.95. The highest BCUT2D eigenvalue weighted by Crippen LogP contribution is 2.42. The Hall–Kier alpha value is -5.20. The molecule has 2 atom stereocenters. The second kappa shape index (κ2) is 21.2. The molecule has 314 valence electrons. The molecule has 13 nitrogen and oxygen atoms in total. The highest BCUT2D eigenvalue weighted by atomic mass is 32.3. The Morgan fingerprint density at radius 3 is 1.63 bits per heavy atom. The number of ether oxygens (including phenoxy) is 4. The first-order chi connectivity index (χ1) is 28.4. The third kappa shape index (κ3) is 11.7. The SMILES string of the molecule is CCOC(OCC)c1cc(NC(c2ccccc2)(c2ccccc2)c2ccccc2)c(F)c(C2CCCO2)n1.Nc1cc(C=O)nc(C2CCCO2)c1F.O=S(=O)(O)O. The molecule has 59 heavy (non-hydrogen) atoms. The van der Waals surface area contributed by atoms with Gasteiger partial charge in [-0.3, -0.25) is 13.9 Å². The van der Waals surface area contributed by atoms with E-state index in [4.69, 9.17) is 47.2 Å². The van der Waals surface area contributed by atoms with E-state index < -0.39 is 40.0 Å². The number of benzene rings is 3. The van der Waals surface area contributed by atoms with Gasteiger partial charge in [-0.1, -0.05) is 91.0 Å². The molecule has 5 aromatic rings. The number of rotatable bonds is 13. The van der Waals surface area contributed by atoms with Gasteiger partial charge in [0, 0.05) is 26.4 Å². The van der Waals surface area contributed by atoms with Gasteiger partial charge < -0.3 is 30.0 Å². The van der Waals surface area contributed by atoms with Crippen LogP contribution >= 0.6 is 0 Å². The van der Waals surface area contributed by atoms with Crippen molar-refractivity contribution in [1.82, 2.24) is 9.97 Å². The van der Waals surface area contributed by atoms with Crippen molar-refractivity contribution in [1.29, 1.82) is 0 Å². The number of carbonyl (C=O) groups excluding carboxylic acids is 1. The number of hydrogen-bond donors (Lipinski definition) is 4. The summed E-state index contributed by atoms with van der Waals surface area (Å²) in [7, 11) is -4.67. The number of pyridine rings is 2. The summed E-state index contributed by atoms with van der Waals surface area (Å²) in [6.45, 7) is 5.85. The van der Waals surface area contributed by atoms with Crippen LogP contribution in [0.4, 0.5) is 20.2 Å². The maximum atomic E-state index is 16.5. The van der Waals surface area contributed by atoms with Gasteiger partial charge in [-0.15, -0.1) is 0 Å². The van der Waals surface area contributed by atoms with Crippen molar-refractivity contribution in [2.75, 3.05) is 37.5 Å². The summed E-state index contributed by atoms with van der Waals surface area (Å²) in [5.74, 6) is -1.00. The monoisotopic (exact) mass is 834 g/mol. The fraction of sp³-hybridized carbons (Fsp3) is 0.326. The largest absolute Gasteiger partial charge is 0.396 e. The van der Waals surface area contributed by atoms with Crippen molar-refractivity contribution < 1.29 is 50.0 Å². The molecule has 7 rings (SSSR count). The van der Waals surface area contributed by atoms with Crippen LogP contribution < -0.4 is 11.1 Å². The molecule has 0 bridgehead atoms. The molecule has 4 heterocycles. The van der Waals surface area contributed by atoms with Crippen molar-refractivity contribution in [3.05, 3.63) is 154 Å². The molecule has 0 radical (unpaired) electrons. The molecule has 2 aromatic heterocycles.